The number of fused-ring (bicyclic) bond motifs is 1. The topological polar surface area (TPSA) is 69.9 Å². The Labute approximate surface area is 145 Å². The normalized spacial score (nSPS) is 11.0. The number of hydrogen-bond acceptors (Lipinski definition) is 7. The number of nitrogens with zero attached hydrogens (tertiary/aromatic N) is 4. The Morgan fingerprint density at radius 1 is 1.38 bits per heavy atom. The lowest BCUT2D eigenvalue weighted by molar-refractivity contribution is 0.0532. The van der Waals surface area contributed by atoms with Crippen molar-refractivity contribution in [2.24, 2.45) is 0 Å². The van der Waals surface area contributed by atoms with Gasteiger partial charge in [0.1, 0.15) is 21.8 Å². The summed E-state index contributed by atoms with van der Waals surface area (Å²) in [7, 11) is 0. The van der Waals surface area contributed by atoms with Crippen LogP contribution in [0.4, 0.5) is 0 Å². The molecule has 120 valence electrons. The molecule has 0 aliphatic heterocycles. The Hall–Kier alpha value is -2.58. The summed E-state index contributed by atoms with van der Waals surface area (Å²) in [5.74, 6) is -0.372. The Bertz CT molecular complexity index is 1000. The van der Waals surface area contributed by atoms with E-state index >= 15 is 0 Å². The summed E-state index contributed by atoms with van der Waals surface area (Å²) < 4.78 is 7.69. The molecular weight excluding hydrogens is 344 g/mol. The minimum Gasteiger partial charge on any atom is -0.462 e. The van der Waals surface area contributed by atoms with Crippen molar-refractivity contribution in [3.63, 3.8) is 0 Å². The molecule has 0 fully saturated rings. The average Bonchev–Trinajstić information content (AvgIpc) is 3.32. The fourth-order valence-electron chi connectivity index (χ4n) is 2.38. The summed E-state index contributed by atoms with van der Waals surface area (Å²) in [6.45, 7) is 2.10. The standard InChI is InChI=1S/C16H12N4O2S2/c1-2-22-16(21)15-14(13-12(24-15)4-3-6-17-13)20-8-11(18-19-20)10-5-7-23-9-10/h3-9H,2H2,1H3. The molecule has 0 unspecified atom stereocenters. The summed E-state index contributed by atoms with van der Waals surface area (Å²) in [6.07, 6.45) is 3.51. The van der Waals surface area contributed by atoms with Crippen molar-refractivity contribution in [2.45, 2.75) is 6.92 Å². The highest BCUT2D eigenvalue weighted by Gasteiger charge is 2.23. The molecule has 0 aromatic carbocycles. The number of aromatic nitrogens is 4. The van der Waals surface area contributed by atoms with Crippen LogP contribution in [-0.2, 0) is 4.74 Å². The average molecular weight is 356 g/mol. The number of pyridine rings is 1. The van der Waals surface area contributed by atoms with Crippen molar-refractivity contribution in [2.75, 3.05) is 6.61 Å². The van der Waals surface area contributed by atoms with Gasteiger partial charge in [0, 0.05) is 17.1 Å². The number of carbonyl (C=O) groups is 1. The molecule has 0 saturated heterocycles. The molecule has 0 saturated carbocycles. The van der Waals surface area contributed by atoms with E-state index in [1.807, 2.05) is 29.0 Å². The third kappa shape index (κ3) is 2.49. The van der Waals surface area contributed by atoms with E-state index in [4.69, 9.17) is 4.74 Å². The van der Waals surface area contributed by atoms with Gasteiger partial charge in [-0.1, -0.05) is 5.21 Å². The van der Waals surface area contributed by atoms with E-state index in [9.17, 15) is 4.79 Å². The lowest BCUT2D eigenvalue weighted by atomic mass is 10.2. The molecule has 0 aliphatic rings. The highest BCUT2D eigenvalue weighted by Crippen LogP contribution is 2.33. The van der Waals surface area contributed by atoms with Crippen LogP contribution in [0.5, 0.6) is 0 Å². The lowest BCUT2D eigenvalue weighted by Crippen LogP contribution is -2.07. The van der Waals surface area contributed by atoms with Crippen molar-refractivity contribution in [1.29, 1.82) is 0 Å². The lowest BCUT2D eigenvalue weighted by Gasteiger charge is -2.03. The molecule has 24 heavy (non-hydrogen) atoms. The first kappa shape index (κ1) is 15.0. The summed E-state index contributed by atoms with van der Waals surface area (Å²) in [4.78, 5) is 17.2. The van der Waals surface area contributed by atoms with Crippen LogP contribution in [0, 0.1) is 0 Å². The molecule has 8 heteroatoms. The molecule has 4 heterocycles. The van der Waals surface area contributed by atoms with Gasteiger partial charge in [-0.05, 0) is 30.5 Å². The number of esters is 1. The SMILES string of the molecule is CCOC(=O)c1sc2cccnc2c1-n1cc(-c2ccsc2)nn1. The summed E-state index contributed by atoms with van der Waals surface area (Å²) in [6, 6.07) is 5.75. The van der Waals surface area contributed by atoms with Crippen LogP contribution in [0.2, 0.25) is 0 Å². The minimum absolute atomic E-state index is 0.317. The van der Waals surface area contributed by atoms with Gasteiger partial charge in [0.05, 0.1) is 17.5 Å². The number of ether oxygens (including phenoxy) is 1. The third-order valence-corrected chi connectivity index (χ3v) is 5.22. The second-order valence-corrected chi connectivity index (χ2v) is 6.74. The quantitative estimate of drug-likeness (QED) is 0.520. The van der Waals surface area contributed by atoms with Gasteiger partial charge >= 0.3 is 5.97 Å². The van der Waals surface area contributed by atoms with Gasteiger partial charge in [-0.2, -0.15) is 11.3 Å². The molecular formula is C16H12N4O2S2. The summed E-state index contributed by atoms with van der Waals surface area (Å²) in [5, 5.41) is 12.4. The van der Waals surface area contributed by atoms with Crippen LogP contribution >= 0.6 is 22.7 Å². The van der Waals surface area contributed by atoms with Crippen LogP contribution in [-0.4, -0.2) is 32.6 Å². The minimum atomic E-state index is -0.372. The predicted molar refractivity (Wildman–Crippen MR) is 93.8 cm³/mol. The van der Waals surface area contributed by atoms with Gasteiger partial charge in [-0.25, -0.2) is 9.48 Å². The van der Waals surface area contributed by atoms with Crippen LogP contribution < -0.4 is 0 Å². The first-order chi connectivity index (χ1) is 11.8. The molecule has 4 aromatic heterocycles. The molecule has 4 aromatic rings. The Balaban J connectivity index is 1.89. The van der Waals surface area contributed by atoms with Crippen molar-refractivity contribution in [3.8, 4) is 16.9 Å². The molecule has 0 N–H and O–H groups in total. The van der Waals surface area contributed by atoms with E-state index in [0.717, 1.165) is 16.0 Å². The zero-order valence-electron chi connectivity index (χ0n) is 12.7. The highest BCUT2D eigenvalue weighted by atomic mass is 32.1. The van der Waals surface area contributed by atoms with Gasteiger partial charge < -0.3 is 4.74 Å². The van der Waals surface area contributed by atoms with Crippen LogP contribution in [0.3, 0.4) is 0 Å². The highest BCUT2D eigenvalue weighted by molar-refractivity contribution is 7.21. The van der Waals surface area contributed by atoms with E-state index in [2.05, 4.69) is 15.3 Å². The number of carbonyl (C=O) groups excluding carboxylic acids is 1. The van der Waals surface area contributed by atoms with E-state index in [0.29, 0.717) is 22.7 Å². The fourth-order valence-corrected chi connectivity index (χ4v) is 4.07. The smallest absolute Gasteiger partial charge is 0.350 e. The van der Waals surface area contributed by atoms with Crippen LogP contribution in [0.15, 0.2) is 41.4 Å². The molecule has 4 rings (SSSR count). The third-order valence-electron chi connectivity index (χ3n) is 3.42. The zero-order chi connectivity index (χ0) is 16.5. The molecule has 0 atom stereocenters. The van der Waals surface area contributed by atoms with Crippen molar-refractivity contribution < 1.29 is 9.53 Å². The largest absolute Gasteiger partial charge is 0.462 e. The maximum absolute atomic E-state index is 12.3. The first-order valence-electron chi connectivity index (χ1n) is 7.28. The van der Waals surface area contributed by atoms with Crippen LogP contribution in [0.1, 0.15) is 16.6 Å². The summed E-state index contributed by atoms with van der Waals surface area (Å²) in [5.41, 5.74) is 3.08. The molecule has 0 radical (unpaired) electrons. The number of hydrogen-bond donors (Lipinski definition) is 0. The molecule has 0 bridgehead atoms. The van der Waals surface area contributed by atoms with Crippen molar-refractivity contribution >= 4 is 38.9 Å². The molecule has 0 amide bonds. The van der Waals surface area contributed by atoms with Gasteiger partial charge in [0.2, 0.25) is 0 Å². The number of rotatable bonds is 4. The van der Waals surface area contributed by atoms with Gasteiger partial charge in [0.25, 0.3) is 0 Å². The maximum Gasteiger partial charge on any atom is 0.350 e. The van der Waals surface area contributed by atoms with Gasteiger partial charge in [-0.3, -0.25) is 4.98 Å². The second-order valence-electron chi connectivity index (χ2n) is 4.91. The fraction of sp³-hybridized carbons (Fsp3) is 0.125. The Morgan fingerprint density at radius 2 is 2.29 bits per heavy atom. The monoisotopic (exact) mass is 356 g/mol. The molecule has 0 aliphatic carbocycles. The van der Waals surface area contributed by atoms with Crippen LogP contribution in [0.25, 0.3) is 27.2 Å². The Kier molecular flexibility index (Phi) is 3.83. The molecule has 6 nitrogen and oxygen atoms in total. The van der Waals surface area contributed by atoms with E-state index in [1.54, 1.807) is 35.3 Å². The van der Waals surface area contributed by atoms with Crippen molar-refractivity contribution in [3.05, 3.63) is 46.2 Å². The summed E-state index contributed by atoms with van der Waals surface area (Å²) >= 11 is 2.95. The predicted octanol–water partition coefficient (Wildman–Crippen LogP) is 3.78. The number of thiophene rings is 2. The van der Waals surface area contributed by atoms with Gasteiger partial charge in [0.15, 0.2) is 0 Å². The first-order valence-corrected chi connectivity index (χ1v) is 9.03. The van der Waals surface area contributed by atoms with E-state index in [-0.39, 0.29) is 5.97 Å². The van der Waals surface area contributed by atoms with Crippen molar-refractivity contribution in [1.82, 2.24) is 20.0 Å². The van der Waals surface area contributed by atoms with E-state index < -0.39 is 0 Å². The Morgan fingerprint density at radius 3 is 3.08 bits per heavy atom. The second kappa shape index (κ2) is 6.14. The molecule has 0 spiro atoms. The van der Waals surface area contributed by atoms with Gasteiger partial charge in [-0.15, -0.1) is 16.4 Å². The van der Waals surface area contributed by atoms with E-state index in [1.165, 1.54) is 11.3 Å². The maximum atomic E-state index is 12.3. The zero-order valence-corrected chi connectivity index (χ0v) is 14.3.